The van der Waals surface area contributed by atoms with Crippen LogP contribution in [0.25, 0.3) is 0 Å². The number of aryl methyl sites for hydroxylation is 1. The zero-order valence-corrected chi connectivity index (χ0v) is 9.47. The van der Waals surface area contributed by atoms with Crippen LogP contribution < -0.4 is 0 Å². The minimum atomic E-state index is -2.62. The number of halogens is 2. The molecule has 1 heterocycles. The van der Waals surface area contributed by atoms with Crippen molar-refractivity contribution < 1.29 is 13.6 Å². The van der Waals surface area contributed by atoms with Gasteiger partial charge in [-0.1, -0.05) is 0 Å². The fourth-order valence-electron chi connectivity index (χ4n) is 1.82. The van der Waals surface area contributed by atoms with E-state index in [-0.39, 0.29) is 24.3 Å². The average Bonchev–Trinajstić information content (AvgIpc) is 2.13. The summed E-state index contributed by atoms with van der Waals surface area (Å²) in [7, 11) is 0. The molecule has 1 aliphatic rings. The van der Waals surface area contributed by atoms with E-state index in [1.54, 1.807) is 6.92 Å². The van der Waals surface area contributed by atoms with Gasteiger partial charge in [-0.3, -0.25) is 4.79 Å². The highest BCUT2D eigenvalue weighted by Crippen LogP contribution is 2.48. The third-order valence-corrected chi connectivity index (χ3v) is 2.89. The number of carbonyl (C=O) groups excluding carboxylic acids is 1. The first kappa shape index (κ1) is 11.4. The normalized spacial score (nSPS) is 19.2. The van der Waals surface area contributed by atoms with Crippen molar-refractivity contribution in [3.05, 3.63) is 23.3 Å². The van der Waals surface area contributed by atoms with E-state index >= 15 is 0 Å². The topological polar surface area (TPSA) is 42.9 Å². The molecule has 0 saturated heterocycles. The maximum Gasteiger partial charge on any atom is 0.249 e. The Balaban J connectivity index is 2.33. The van der Waals surface area contributed by atoms with Crippen molar-refractivity contribution in [2.24, 2.45) is 0 Å². The number of hydrogen-bond donors (Lipinski definition) is 1. The van der Waals surface area contributed by atoms with E-state index in [1.807, 2.05) is 0 Å². The average molecular weight is 244 g/mol. The lowest BCUT2D eigenvalue weighted by atomic mass is 9.78. The summed E-state index contributed by atoms with van der Waals surface area (Å²) < 4.78 is 25.5. The minimum Gasteiger partial charge on any atom is -0.282 e. The van der Waals surface area contributed by atoms with Gasteiger partial charge < -0.3 is 0 Å². The molecule has 0 amide bonds. The lowest BCUT2D eigenvalue weighted by Gasteiger charge is -2.35. The predicted octanol–water partition coefficient (Wildman–Crippen LogP) is 2.37. The number of rotatable bonds is 2. The van der Waals surface area contributed by atoms with E-state index in [1.165, 1.54) is 6.20 Å². The second kappa shape index (κ2) is 3.76. The first-order valence-electron chi connectivity index (χ1n) is 4.84. The zero-order valence-electron chi connectivity index (χ0n) is 8.57. The summed E-state index contributed by atoms with van der Waals surface area (Å²) in [5, 5.41) is -0.481. The van der Waals surface area contributed by atoms with Gasteiger partial charge in [-0.2, -0.15) is 0 Å². The Hall–Kier alpha value is -1.04. The molecule has 1 saturated carbocycles. The Morgan fingerprint density at radius 1 is 1.56 bits per heavy atom. The van der Waals surface area contributed by atoms with Crippen molar-refractivity contribution in [2.45, 2.75) is 31.6 Å². The molecule has 1 aromatic rings. The molecule has 16 heavy (non-hydrogen) atoms. The summed E-state index contributed by atoms with van der Waals surface area (Å²) in [4.78, 5) is 19.1. The Bertz CT molecular complexity index is 442. The van der Waals surface area contributed by atoms with Gasteiger partial charge in [-0.05, 0) is 6.92 Å². The van der Waals surface area contributed by atoms with Crippen LogP contribution in [0.5, 0.6) is 0 Å². The Labute approximate surface area is 96.7 Å². The molecule has 6 heteroatoms. The quantitative estimate of drug-likeness (QED) is 0.812. The maximum atomic E-state index is 12.8. The Kier molecular flexibility index (Phi) is 2.69. The molecule has 0 N–H and O–H groups in total. The summed E-state index contributed by atoms with van der Waals surface area (Å²) in [5.74, 6) is -2.51. The molecule has 0 atom stereocenters. The number of alkyl halides is 2. The first-order valence-corrected chi connectivity index (χ1v) is 5.28. The highest BCUT2D eigenvalue weighted by molar-refractivity contribution is 7.97. The first-order chi connectivity index (χ1) is 7.39. The van der Waals surface area contributed by atoms with E-state index in [9.17, 15) is 13.6 Å². The molecular weight excluding hydrogens is 234 g/mol. The number of nitrogens with zero attached hydrogens (tertiary/aromatic N) is 2. The lowest BCUT2D eigenvalue weighted by Crippen LogP contribution is -2.35. The molecule has 3 nitrogen and oxygen atoms in total. The van der Waals surface area contributed by atoms with Gasteiger partial charge in [0.15, 0.2) is 0 Å². The van der Waals surface area contributed by atoms with Crippen LogP contribution >= 0.6 is 12.6 Å². The van der Waals surface area contributed by atoms with Gasteiger partial charge in [0, 0.05) is 25.0 Å². The van der Waals surface area contributed by atoms with E-state index < -0.39 is 11.0 Å². The fourth-order valence-corrected chi connectivity index (χ4v) is 1.99. The van der Waals surface area contributed by atoms with Gasteiger partial charge in [0.25, 0.3) is 0 Å². The molecule has 0 aliphatic heterocycles. The second-order valence-corrected chi connectivity index (χ2v) is 4.39. The third kappa shape index (κ3) is 2.07. The van der Waals surface area contributed by atoms with Gasteiger partial charge in [0.2, 0.25) is 11.0 Å². The van der Waals surface area contributed by atoms with Gasteiger partial charge in [0.1, 0.15) is 5.82 Å². The number of carbonyl (C=O) groups is 1. The molecule has 86 valence electrons. The molecular formula is C10H10F2N2OS. The molecule has 0 spiro atoms. The number of thiol groups is 1. The smallest absolute Gasteiger partial charge is 0.249 e. The lowest BCUT2D eigenvalue weighted by molar-refractivity contribution is -0.0877. The van der Waals surface area contributed by atoms with Crippen molar-refractivity contribution in [1.82, 2.24) is 9.97 Å². The fraction of sp³-hybridized carbons (Fsp3) is 0.500. The Morgan fingerprint density at radius 3 is 2.69 bits per heavy atom. The van der Waals surface area contributed by atoms with E-state index in [0.29, 0.717) is 11.5 Å². The van der Waals surface area contributed by atoms with Crippen LogP contribution in [-0.2, 0) is 0 Å². The van der Waals surface area contributed by atoms with Gasteiger partial charge in [0.05, 0.1) is 11.3 Å². The van der Waals surface area contributed by atoms with Crippen LogP contribution in [0, 0.1) is 6.92 Å². The standard InChI is InChI=1S/C10H10F2N2OS/c1-5-13-4-7(9(15)16)8(14-5)6-2-10(11,12)3-6/h4,6H,2-3H2,1H3,(H,15,16). The van der Waals surface area contributed by atoms with E-state index in [4.69, 9.17) is 0 Å². The van der Waals surface area contributed by atoms with Crippen LogP contribution in [0.1, 0.15) is 40.6 Å². The van der Waals surface area contributed by atoms with E-state index in [0.717, 1.165) is 0 Å². The van der Waals surface area contributed by atoms with Crippen molar-refractivity contribution in [3.8, 4) is 0 Å². The predicted molar refractivity (Wildman–Crippen MR) is 57.0 cm³/mol. The zero-order chi connectivity index (χ0) is 11.9. The van der Waals surface area contributed by atoms with Crippen molar-refractivity contribution in [2.75, 3.05) is 0 Å². The van der Waals surface area contributed by atoms with Gasteiger partial charge in [-0.15, -0.1) is 12.6 Å². The second-order valence-electron chi connectivity index (χ2n) is 3.98. The molecule has 0 aromatic carbocycles. The molecule has 1 aliphatic carbocycles. The Morgan fingerprint density at radius 2 is 2.19 bits per heavy atom. The van der Waals surface area contributed by atoms with Crippen molar-refractivity contribution >= 4 is 17.7 Å². The molecule has 0 bridgehead atoms. The minimum absolute atomic E-state index is 0.231. The van der Waals surface area contributed by atoms with E-state index in [2.05, 4.69) is 22.6 Å². The highest BCUT2D eigenvalue weighted by atomic mass is 32.1. The summed E-state index contributed by atoms with van der Waals surface area (Å²) >= 11 is 3.69. The molecule has 1 aromatic heterocycles. The number of hydrogen-bond acceptors (Lipinski definition) is 3. The highest BCUT2D eigenvalue weighted by Gasteiger charge is 2.47. The number of aromatic nitrogens is 2. The van der Waals surface area contributed by atoms with Crippen LogP contribution in [0.3, 0.4) is 0 Å². The maximum absolute atomic E-state index is 12.8. The molecule has 1 fully saturated rings. The third-order valence-electron chi connectivity index (χ3n) is 2.65. The van der Waals surface area contributed by atoms with Crippen LogP contribution in [-0.4, -0.2) is 21.0 Å². The van der Waals surface area contributed by atoms with Crippen LogP contribution in [0.2, 0.25) is 0 Å². The van der Waals surface area contributed by atoms with Gasteiger partial charge in [-0.25, -0.2) is 18.7 Å². The van der Waals surface area contributed by atoms with Crippen LogP contribution in [0.4, 0.5) is 8.78 Å². The summed E-state index contributed by atoms with van der Waals surface area (Å²) in [6.07, 6.45) is 0.846. The summed E-state index contributed by atoms with van der Waals surface area (Å²) in [6.45, 7) is 1.66. The SMILES string of the molecule is Cc1ncc(C(=O)S)c(C2CC(F)(F)C2)n1. The summed E-state index contributed by atoms with van der Waals surface area (Å²) in [6, 6.07) is 0. The summed E-state index contributed by atoms with van der Waals surface area (Å²) in [5.41, 5.74) is 0.632. The monoisotopic (exact) mass is 244 g/mol. The van der Waals surface area contributed by atoms with Crippen molar-refractivity contribution in [1.29, 1.82) is 0 Å². The van der Waals surface area contributed by atoms with Gasteiger partial charge >= 0.3 is 0 Å². The van der Waals surface area contributed by atoms with Crippen LogP contribution in [0.15, 0.2) is 6.20 Å². The molecule has 0 radical (unpaired) electrons. The largest absolute Gasteiger partial charge is 0.282 e. The molecule has 0 unspecified atom stereocenters. The molecule has 2 rings (SSSR count). The van der Waals surface area contributed by atoms with Crippen molar-refractivity contribution in [3.63, 3.8) is 0 Å².